The number of fused-ring (bicyclic) bond motifs is 1. The van der Waals surface area contributed by atoms with Crippen molar-refractivity contribution in [2.45, 2.75) is 13.5 Å². The minimum absolute atomic E-state index is 0.201. The zero-order valence-electron chi connectivity index (χ0n) is 18.2. The van der Waals surface area contributed by atoms with Crippen molar-refractivity contribution in [3.05, 3.63) is 84.4 Å². The van der Waals surface area contributed by atoms with Crippen LogP contribution < -0.4 is 14.8 Å². The molecule has 0 saturated heterocycles. The third-order valence-electron chi connectivity index (χ3n) is 5.24. The van der Waals surface area contributed by atoms with E-state index in [2.05, 4.69) is 10.3 Å². The average Bonchev–Trinajstić information content (AvgIpc) is 3.25. The summed E-state index contributed by atoms with van der Waals surface area (Å²) in [7, 11) is 3.25. The molecule has 0 spiro atoms. The average molecular weight is 428 g/mol. The molecule has 6 heteroatoms. The Labute approximate surface area is 186 Å². The predicted octanol–water partition coefficient (Wildman–Crippen LogP) is 5.23. The number of allylic oxidation sites excluding steroid dienone is 1. The van der Waals surface area contributed by atoms with Crippen LogP contribution in [0.3, 0.4) is 0 Å². The van der Waals surface area contributed by atoms with E-state index >= 15 is 0 Å². The highest BCUT2D eigenvalue weighted by atomic mass is 16.5. The molecule has 0 saturated carbocycles. The monoisotopic (exact) mass is 428 g/mol. The van der Waals surface area contributed by atoms with Crippen molar-refractivity contribution in [2.75, 3.05) is 14.2 Å². The van der Waals surface area contributed by atoms with Crippen molar-refractivity contribution < 1.29 is 18.7 Å². The van der Waals surface area contributed by atoms with Crippen LogP contribution in [0.4, 0.5) is 0 Å². The highest BCUT2D eigenvalue weighted by molar-refractivity contribution is 6.01. The molecule has 0 radical (unpaired) electrons. The van der Waals surface area contributed by atoms with Crippen LogP contribution in [-0.2, 0) is 11.3 Å². The van der Waals surface area contributed by atoms with E-state index in [0.29, 0.717) is 17.9 Å². The summed E-state index contributed by atoms with van der Waals surface area (Å²) in [5.41, 5.74) is 4.91. The number of hydrogen-bond acceptors (Lipinski definition) is 5. The van der Waals surface area contributed by atoms with E-state index < -0.39 is 0 Å². The number of para-hydroxylation sites is 1. The van der Waals surface area contributed by atoms with Gasteiger partial charge in [-0.05, 0) is 36.8 Å². The Balaban J connectivity index is 1.68. The molecule has 0 bridgehead atoms. The summed E-state index contributed by atoms with van der Waals surface area (Å²) in [6.07, 6.45) is 4.98. The maximum Gasteiger partial charge on any atom is 0.244 e. The fourth-order valence-corrected chi connectivity index (χ4v) is 3.61. The standard InChI is InChI=1S/C26H24N2O4/c1-17(12-26(29)28-15-18-8-6-7-11-27-18)20-13-21-22(16-32-25(21)14-24(20)31-3)19-9-4-5-10-23(19)30-2/h4-14,16H,15H2,1-3H3,(H,28,29)/b17-12+. The molecule has 162 valence electrons. The lowest BCUT2D eigenvalue weighted by molar-refractivity contribution is -0.116. The second-order valence-electron chi connectivity index (χ2n) is 7.26. The smallest absolute Gasteiger partial charge is 0.244 e. The van der Waals surface area contributed by atoms with Crippen molar-refractivity contribution in [1.29, 1.82) is 0 Å². The van der Waals surface area contributed by atoms with Gasteiger partial charge in [0.1, 0.15) is 17.1 Å². The van der Waals surface area contributed by atoms with Crippen LogP contribution in [0.5, 0.6) is 11.5 Å². The van der Waals surface area contributed by atoms with E-state index in [1.165, 1.54) is 0 Å². The molecule has 0 aliphatic carbocycles. The lowest BCUT2D eigenvalue weighted by Gasteiger charge is -2.11. The fourth-order valence-electron chi connectivity index (χ4n) is 3.61. The number of carbonyl (C=O) groups is 1. The Hall–Kier alpha value is -4.06. The SMILES string of the molecule is COc1cc2occ(-c3ccccc3OC)c2cc1/C(C)=C/C(=O)NCc1ccccn1. The van der Waals surface area contributed by atoms with E-state index in [0.717, 1.165) is 39.1 Å². The van der Waals surface area contributed by atoms with Gasteiger partial charge >= 0.3 is 0 Å². The first kappa shape index (κ1) is 21.2. The molecular formula is C26H24N2O4. The maximum atomic E-state index is 12.5. The van der Waals surface area contributed by atoms with Gasteiger partial charge in [0.25, 0.3) is 0 Å². The molecule has 2 aromatic heterocycles. The van der Waals surface area contributed by atoms with Crippen molar-refractivity contribution >= 4 is 22.4 Å². The number of amides is 1. The minimum Gasteiger partial charge on any atom is -0.496 e. The highest BCUT2D eigenvalue weighted by Crippen LogP contribution is 2.40. The molecule has 32 heavy (non-hydrogen) atoms. The van der Waals surface area contributed by atoms with E-state index in [1.54, 1.807) is 32.8 Å². The molecule has 0 aliphatic rings. The summed E-state index contributed by atoms with van der Waals surface area (Å²) in [6.45, 7) is 2.24. The summed E-state index contributed by atoms with van der Waals surface area (Å²) < 4.78 is 16.9. The van der Waals surface area contributed by atoms with Gasteiger partial charge in [0.15, 0.2) is 0 Å². The molecule has 1 N–H and O–H groups in total. The molecule has 4 rings (SSSR count). The Bertz CT molecular complexity index is 1280. The van der Waals surface area contributed by atoms with Gasteiger partial charge in [0, 0.05) is 40.4 Å². The quantitative estimate of drug-likeness (QED) is 0.408. The largest absolute Gasteiger partial charge is 0.496 e. The van der Waals surface area contributed by atoms with E-state index in [1.807, 2.05) is 61.5 Å². The molecule has 6 nitrogen and oxygen atoms in total. The number of rotatable bonds is 7. The molecule has 0 fully saturated rings. The molecule has 4 aromatic rings. The maximum absolute atomic E-state index is 12.5. The van der Waals surface area contributed by atoms with Crippen molar-refractivity contribution in [1.82, 2.24) is 10.3 Å². The first-order chi connectivity index (χ1) is 15.6. The molecular weight excluding hydrogens is 404 g/mol. The molecule has 0 atom stereocenters. The van der Waals surface area contributed by atoms with Crippen molar-refractivity contribution in [2.24, 2.45) is 0 Å². The predicted molar refractivity (Wildman–Crippen MR) is 124 cm³/mol. The normalized spacial score (nSPS) is 11.4. The second-order valence-corrected chi connectivity index (χ2v) is 7.26. The van der Waals surface area contributed by atoms with Crippen LogP contribution >= 0.6 is 0 Å². The number of furan rings is 1. The molecule has 0 aliphatic heterocycles. The van der Waals surface area contributed by atoms with E-state index in [-0.39, 0.29) is 5.91 Å². The Morgan fingerprint density at radius 2 is 1.81 bits per heavy atom. The van der Waals surface area contributed by atoms with E-state index in [4.69, 9.17) is 13.9 Å². The van der Waals surface area contributed by atoms with Gasteiger partial charge in [-0.1, -0.05) is 24.3 Å². The zero-order valence-corrected chi connectivity index (χ0v) is 18.2. The fraction of sp³-hybridized carbons (Fsp3) is 0.154. The summed E-state index contributed by atoms with van der Waals surface area (Å²) in [5.74, 6) is 1.19. The Morgan fingerprint density at radius 3 is 2.56 bits per heavy atom. The number of ether oxygens (including phenoxy) is 2. The van der Waals surface area contributed by atoms with Crippen LogP contribution in [0.25, 0.3) is 27.7 Å². The van der Waals surface area contributed by atoms with Gasteiger partial charge in [-0.2, -0.15) is 0 Å². The summed E-state index contributed by atoms with van der Waals surface area (Å²) in [5, 5.41) is 3.78. The third kappa shape index (κ3) is 4.34. The number of methoxy groups -OCH3 is 2. The number of nitrogens with zero attached hydrogens (tertiary/aromatic N) is 1. The number of pyridine rings is 1. The number of benzene rings is 2. The highest BCUT2D eigenvalue weighted by Gasteiger charge is 2.16. The molecule has 1 amide bonds. The number of nitrogens with one attached hydrogen (secondary N) is 1. The molecule has 2 heterocycles. The Morgan fingerprint density at radius 1 is 1.03 bits per heavy atom. The summed E-state index contributed by atoms with van der Waals surface area (Å²) in [4.78, 5) is 16.7. The first-order valence-corrected chi connectivity index (χ1v) is 10.2. The third-order valence-corrected chi connectivity index (χ3v) is 5.24. The number of aromatic nitrogens is 1. The van der Waals surface area contributed by atoms with Crippen LogP contribution in [0.1, 0.15) is 18.2 Å². The molecule has 2 aromatic carbocycles. The van der Waals surface area contributed by atoms with Gasteiger partial charge in [-0.25, -0.2) is 0 Å². The Kier molecular flexibility index (Phi) is 6.22. The molecule has 0 unspecified atom stereocenters. The topological polar surface area (TPSA) is 73.6 Å². The van der Waals surface area contributed by atoms with Crippen LogP contribution in [0.2, 0.25) is 0 Å². The van der Waals surface area contributed by atoms with Gasteiger partial charge in [0.2, 0.25) is 5.91 Å². The van der Waals surface area contributed by atoms with Gasteiger partial charge in [-0.15, -0.1) is 0 Å². The van der Waals surface area contributed by atoms with Crippen LogP contribution in [0.15, 0.2) is 77.6 Å². The second kappa shape index (κ2) is 9.39. The minimum atomic E-state index is -0.201. The first-order valence-electron chi connectivity index (χ1n) is 10.2. The van der Waals surface area contributed by atoms with Crippen molar-refractivity contribution in [3.63, 3.8) is 0 Å². The van der Waals surface area contributed by atoms with Gasteiger partial charge in [0.05, 0.1) is 32.7 Å². The number of hydrogen-bond donors (Lipinski definition) is 1. The zero-order chi connectivity index (χ0) is 22.5. The van der Waals surface area contributed by atoms with Crippen LogP contribution in [-0.4, -0.2) is 25.1 Å². The van der Waals surface area contributed by atoms with Gasteiger partial charge < -0.3 is 19.2 Å². The summed E-state index contributed by atoms with van der Waals surface area (Å²) in [6, 6.07) is 17.2. The lowest BCUT2D eigenvalue weighted by atomic mass is 9.98. The van der Waals surface area contributed by atoms with Gasteiger partial charge in [-0.3, -0.25) is 9.78 Å². The van der Waals surface area contributed by atoms with Crippen LogP contribution in [0, 0.1) is 0 Å². The van der Waals surface area contributed by atoms with E-state index in [9.17, 15) is 4.79 Å². The number of carbonyl (C=O) groups excluding carboxylic acids is 1. The van der Waals surface area contributed by atoms with Crippen molar-refractivity contribution in [3.8, 4) is 22.6 Å². The summed E-state index contributed by atoms with van der Waals surface area (Å²) >= 11 is 0. The lowest BCUT2D eigenvalue weighted by Crippen LogP contribution is -2.21.